The van der Waals surface area contributed by atoms with Crippen LogP contribution in [0.3, 0.4) is 0 Å². The molecule has 0 bridgehead atoms. The van der Waals surface area contributed by atoms with Gasteiger partial charge in [-0.2, -0.15) is 10.4 Å². The van der Waals surface area contributed by atoms with Crippen LogP contribution in [-0.2, 0) is 11.3 Å². The predicted molar refractivity (Wildman–Crippen MR) is 54.9 cm³/mol. The Morgan fingerprint density at radius 1 is 1.69 bits per heavy atom. The van der Waals surface area contributed by atoms with Gasteiger partial charge in [-0.1, -0.05) is 11.6 Å². The van der Waals surface area contributed by atoms with Gasteiger partial charge in [-0.3, -0.25) is 9.48 Å². The lowest BCUT2D eigenvalue weighted by Gasteiger charge is -1.97. The van der Waals surface area contributed by atoms with Crippen molar-refractivity contribution in [3.63, 3.8) is 0 Å². The van der Waals surface area contributed by atoms with E-state index in [1.54, 1.807) is 0 Å². The maximum atomic E-state index is 10.6. The van der Waals surface area contributed by atoms with E-state index in [1.165, 1.54) is 16.9 Å². The Balaban J connectivity index is 2.69. The van der Waals surface area contributed by atoms with Crippen LogP contribution < -0.4 is 0 Å². The minimum Gasteiger partial charge on any atom is -0.480 e. The molecule has 0 aromatic carbocycles. The molecule has 6 nitrogen and oxygen atoms in total. The number of pyridine rings is 1. The number of carboxylic acids is 1. The van der Waals surface area contributed by atoms with E-state index >= 15 is 0 Å². The average molecular weight is 237 g/mol. The van der Waals surface area contributed by atoms with Gasteiger partial charge >= 0.3 is 5.97 Å². The van der Waals surface area contributed by atoms with E-state index < -0.39 is 5.97 Å². The lowest BCUT2D eigenvalue weighted by Crippen LogP contribution is -2.10. The Labute approximate surface area is 94.7 Å². The molecule has 1 N–H and O–H groups in total. The number of rotatable bonds is 2. The second kappa shape index (κ2) is 3.79. The molecule has 7 heteroatoms. The molecule has 2 aromatic heterocycles. The maximum absolute atomic E-state index is 10.6. The summed E-state index contributed by atoms with van der Waals surface area (Å²) in [6, 6.07) is 3.37. The standard InChI is InChI=1S/C9H5ClN4O2/c10-8-1-5-6(2-11)13-14(4-9(15)16)7(5)3-12-8/h1,3H,4H2,(H,15,16). The van der Waals surface area contributed by atoms with Crippen molar-refractivity contribution < 1.29 is 9.90 Å². The molecular weight excluding hydrogens is 232 g/mol. The Kier molecular flexibility index (Phi) is 2.46. The SMILES string of the molecule is N#Cc1nn(CC(=O)O)c2cnc(Cl)cc12. The van der Waals surface area contributed by atoms with Gasteiger partial charge in [0.25, 0.3) is 0 Å². The van der Waals surface area contributed by atoms with Crippen molar-refractivity contribution in [1.82, 2.24) is 14.8 Å². The van der Waals surface area contributed by atoms with Crippen molar-refractivity contribution in [2.75, 3.05) is 0 Å². The maximum Gasteiger partial charge on any atom is 0.325 e. The van der Waals surface area contributed by atoms with Crippen LogP contribution in [0, 0.1) is 11.3 Å². The molecule has 0 saturated heterocycles. The summed E-state index contributed by atoms with van der Waals surface area (Å²) in [5.41, 5.74) is 0.615. The summed E-state index contributed by atoms with van der Waals surface area (Å²) >= 11 is 5.69. The number of carboxylic acid groups (broad SMARTS) is 1. The largest absolute Gasteiger partial charge is 0.480 e. The van der Waals surface area contributed by atoms with Crippen molar-refractivity contribution in [2.45, 2.75) is 6.54 Å². The first kappa shape index (κ1) is 10.4. The summed E-state index contributed by atoms with van der Waals surface area (Å²) < 4.78 is 1.21. The minimum absolute atomic E-state index is 0.139. The Hall–Kier alpha value is -2.13. The van der Waals surface area contributed by atoms with Gasteiger partial charge in [-0.05, 0) is 6.07 Å². The Morgan fingerprint density at radius 2 is 2.44 bits per heavy atom. The van der Waals surface area contributed by atoms with E-state index in [4.69, 9.17) is 22.0 Å². The van der Waals surface area contributed by atoms with Gasteiger partial charge in [0.2, 0.25) is 0 Å². The number of hydrogen-bond acceptors (Lipinski definition) is 4. The number of fused-ring (bicyclic) bond motifs is 1. The highest BCUT2D eigenvalue weighted by Gasteiger charge is 2.12. The third-order valence-electron chi connectivity index (χ3n) is 1.99. The highest BCUT2D eigenvalue weighted by atomic mass is 35.5. The number of nitrogens with zero attached hydrogens (tertiary/aromatic N) is 4. The second-order valence-corrected chi connectivity index (χ2v) is 3.42. The minimum atomic E-state index is -1.04. The molecule has 0 saturated carbocycles. The first-order chi connectivity index (χ1) is 7.61. The van der Waals surface area contributed by atoms with E-state index in [-0.39, 0.29) is 17.4 Å². The van der Waals surface area contributed by atoms with Gasteiger partial charge < -0.3 is 5.11 Å². The molecule has 2 aromatic rings. The number of aromatic nitrogens is 3. The smallest absolute Gasteiger partial charge is 0.325 e. The van der Waals surface area contributed by atoms with Gasteiger partial charge in [0.1, 0.15) is 17.8 Å². The number of halogens is 1. The van der Waals surface area contributed by atoms with Crippen LogP contribution >= 0.6 is 11.6 Å². The van der Waals surface area contributed by atoms with E-state index in [0.717, 1.165) is 0 Å². The fourth-order valence-corrected chi connectivity index (χ4v) is 1.54. The molecular formula is C9H5ClN4O2. The van der Waals surface area contributed by atoms with Gasteiger partial charge in [0, 0.05) is 5.39 Å². The van der Waals surface area contributed by atoms with E-state index in [9.17, 15) is 4.79 Å². The van der Waals surface area contributed by atoms with Crippen molar-refractivity contribution in [3.05, 3.63) is 23.1 Å². The second-order valence-electron chi connectivity index (χ2n) is 3.04. The summed E-state index contributed by atoms with van der Waals surface area (Å²) in [6.45, 7) is -0.318. The molecule has 0 atom stereocenters. The van der Waals surface area contributed by atoms with Crippen LogP contribution in [0.15, 0.2) is 12.3 Å². The zero-order valence-electron chi connectivity index (χ0n) is 7.88. The number of aliphatic carboxylic acids is 1. The summed E-state index contributed by atoms with van der Waals surface area (Å²) in [7, 11) is 0. The van der Waals surface area contributed by atoms with Gasteiger partial charge in [0.15, 0.2) is 5.69 Å². The van der Waals surface area contributed by atoms with Crippen LogP contribution in [0.2, 0.25) is 5.15 Å². The topological polar surface area (TPSA) is 91.8 Å². The van der Waals surface area contributed by atoms with Gasteiger partial charge in [-0.15, -0.1) is 0 Å². The molecule has 0 spiro atoms. The number of hydrogen-bond donors (Lipinski definition) is 1. The highest BCUT2D eigenvalue weighted by molar-refractivity contribution is 6.30. The van der Waals surface area contributed by atoms with Gasteiger partial charge in [0.05, 0.1) is 11.7 Å². The van der Waals surface area contributed by atoms with Crippen LogP contribution in [0.1, 0.15) is 5.69 Å². The van der Waals surface area contributed by atoms with E-state index in [2.05, 4.69) is 10.1 Å². The highest BCUT2D eigenvalue weighted by Crippen LogP contribution is 2.20. The molecule has 0 radical (unpaired) electrons. The molecule has 0 unspecified atom stereocenters. The Bertz CT molecular complexity index is 614. The summed E-state index contributed by atoms with van der Waals surface area (Å²) in [6.07, 6.45) is 1.40. The van der Waals surface area contributed by atoms with Crippen molar-refractivity contribution in [2.24, 2.45) is 0 Å². The average Bonchev–Trinajstić information content (AvgIpc) is 2.55. The molecule has 0 fully saturated rings. The fraction of sp³-hybridized carbons (Fsp3) is 0.111. The van der Waals surface area contributed by atoms with Crippen LogP contribution in [0.5, 0.6) is 0 Å². The Morgan fingerprint density at radius 3 is 3.06 bits per heavy atom. The zero-order chi connectivity index (χ0) is 11.7. The normalized spacial score (nSPS) is 10.2. The molecule has 0 aliphatic heterocycles. The van der Waals surface area contributed by atoms with Crippen LogP contribution in [0.4, 0.5) is 0 Å². The molecule has 2 heterocycles. The van der Waals surface area contributed by atoms with Crippen LogP contribution in [0.25, 0.3) is 10.9 Å². The monoisotopic (exact) mass is 236 g/mol. The lowest BCUT2D eigenvalue weighted by atomic mass is 10.2. The lowest BCUT2D eigenvalue weighted by molar-refractivity contribution is -0.137. The summed E-state index contributed by atoms with van der Waals surface area (Å²) in [5, 5.41) is 22.1. The first-order valence-electron chi connectivity index (χ1n) is 4.26. The molecule has 0 aliphatic carbocycles. The number of carbonyl (C=O) groups is 1. The third-order valence-corrected chi connectivity index (χ3v) is 2.20. The van der Waals surface area contributed by atoms with Crippen molar-refractivity contribution in [3.8, 4) is 6.07 Å². The quantitative estimate of drug-likeness (QED) is 0.787. The molecule has 0 amide bonds. The first-order valence-corrected chi connectivity index (χ1v) is 4.63. The van der Waals surface area contributed by atoms with Crippen LogP contribution in [-0.4, -0.2) is 25.8 Å². The molecule has 0 aliphatic rings. The zero-order valence-corrected chi connectivity index (χ0v) is 8.64. The van der Waals surface area contributed by atoms with Gasteiger partial charge in [-0.25, -0.2) is 4.98 Å². The predicted octanol–water partition coefficient (Wildman–Crippen LogP) is 1.04. The third kappa shape index (κ3) is 1.68. The van der Waals surface area contributed by atoms with Crippen molar-refractivity contribution in [1.29, 1.82) is 5.26 Å². The number of nitriles is 1. The molecule has 2 rings (SSSR count). The van der Waals surface area contributed by atoms with Crippen molar-refractivity contribution >= 4 is 28.5 Å². The fourth-order valence-electron chi connectivity index (χ4n) is 1.38. The van der Waals surface area contributed by atoms with E-state index in [1.807, 2.05) is 6.07 Å². The summed E-state index contributed by atoms with van der Waals surface area (Å²) in [5.74, 6) is -1.04. The molecule has 16 heavy (non-hydrogen) atoms. The molecule has 80 valence electrons. The summed E-state index contributed by atoms with van der Waals surface area (Å²) in [4.78, 5) is 14.4. The van der Waals surface area contributed by atoms with E-state index in [0.29, 0.717) is 10.9 Å².